The Morgan fingerprint density at radius 2 is 2.00 bits per heavy atom. The van der Waals surface area contributed by atoms with E-state index in [-0.39, 0.29) is 11.7 Å². The molecule has 1 aliphatic rings. The third-order valence-corrected chi connectivity index (χ3v) is 2.84. The van der Waals surface area contributed by atoms with Gasteiger partial charge in [-0.05, 0) is 12.1 Å². The highest BCUT2D eigenvalue weighted by molar-refractivity contribution is 6.37. The number of hydrogen-bond donors (Lipinski definition) is 0. The maximum atomic E-state index is 11.8. The second-order valence-corrected chi connectivity index (χ2v) is 4.12. The van der Waals surface area contributed by atoms with Crippen molar-refractivity contribution >= 4 is 29.0 Å². The Hall–Kier alpha value is -0.730. The Bertz CT molecular complexity index is 401. The summed E-state index contributed by atoms with van der Waals surface area (Å²) in [6, 6.07) is 3.24. The summed E-state index contributed by atoms with van der Waals surface area (Å²) >= 11 is 11.8. The lowest BCUT2D eigenvalue weighted by molar-refractivity contribution is 0.0849. The van der Waals surface area contributed by atoms with Crippen LogP contribution in [0.15, 0.2) is 12.1 Å². The third-order valence-electron chi connectivity index (χ3n) is 2.23. The molecule has 1 aromatic carbocycles. The van der Waals surface area contributed by atoms with Crippen LogP contribution in [0, 0.1) is 5.92 Å². The molecule has 0 aromatic heterocycles. The molecule has 0 spiro atoms. The summed E-state index contributed by atoms with van der Waals surface area (Å²) in [4.78, 5) is 11.8. The van der Waals surface area contributed by atoms with Gasteiger partial charge in [-0.1, -0.05) is 30.1 Å². The first-order chi connectivity index (χ1) is 6.61. The van der Waals surface area contributed by atoms with Gasteiger partial charge in [0.05, 0.1) is 28.1 Å². The first-order valence-electron chi connectivity index (χ1n) is 4.26. The smallest absolute Gasteiger partial charge is 0.174 e. The number of benzene rings is 1. The highest BCUT2D eigenvalue weighted by Crippen LogP contribution is 2.38. The van der Waals surface area contributed by atoms with Crippen molar-refractivity contribution in [2.45, 2.75) is 6.92 Å². The topological polar surface area (TPSA) is 26.3 Å². The lowest BCUT2D eigenvalue weighted by Gasteiger charge is -2.22. The predicted molar refractivity (Wildman–Crippen MR) is 55.5 cm³/mol. The summed E-state index contributed by atoms with van der Waals surface area (Å²) in [6.07, 6.45) is 0. The summed E-state index contributed by atoms with van der Waals surface area (Å²) in [5.41, 5.74) is 0.415. The van der Waals surface area contributed by atoms with Crippen LogP contribution in [0.2, 0.25) is 10.0 Å². The van der Waals surface area contributed by atoms with E-state index >= 15 is 0 Å². The molecule has 1 unspecified atom stereocenters. The van der Waals surface area contributed by atoms with E-state index in [1.54, 1.807) is 12.1 Å². The number of fused-ring (bicyclic) bond motifs is 1. The van der Waals surface area contributed by atoms with Crippen LogP contribution in [0.4, 0.5) is 0 Å². The van der Waals surface area contributed by atoms with Gasteiger partial charge in [0.1, 0.15) is 5.75 Å². The van der Waals surface area contributed by atoms with Gasteiger partial charge in [-0.3, -0.25) is 4.79 Å². The van der Waals surface area contributed by atoms with E-state index in [0.717, 1.165) is 0 Å². The second-order valence-electron chi connectivity index (χ2n) is 3.31. The number of halogens is 2. The first kappa shape index (κ1) is 9.81. The lowest BCUT2D eigenvalue weighted by Crippen LogP contribution is -2.25. The van der Waals surface area contributed by atoms with E-state index in [4.69, 9.17) is 27.9 Å². The Labute approximate surface area is 91.8 Å². The number of ketones is 1. The molecule has 0 radical (unpaired) electrons. The van der Waals surface area contributed by atoms with Crippen molar-refractivity contribution in [3.05, 3.63) is 27.7 Å². The number of carbonyl (C=O) groups excluding carboxylic acids is 1. The normalized spacial score (nSPS) is 20.2. The molecule has 0 saturated carbocycles. The number of ether oxygens (including phenoxy) is 1. The lowest BCUT2D eigenvalue weighted by atomic mass is 9.97. The second kappa shape index (κ2) is 3.44. The molecule has 0 fully saturated rings. The Morgan fingerprint density at radius 3 is 2.71 bits per heavy atom. The van der Waals surface area contributed by atoms with Crippen molar-refractivity contribution in [1.82, 2.24) is 0 Å². The van der Waals surface area contributed by atoms with Crippen molar-refractivity contribution in [1.29, 1.82) is 0 Å². The minimum Gasteiger partial charge on any atom is -0.490 e. The molecule has 2 nitrogen and oxygen atoms in total. The fourth-order valence-electron chi connectivity index (χ4n) is 1.43. The zero-order valence-corrected chi connectivity index (χ0v) is 9.02. The van der Waals surface area contributed by atoms with Crippen molar-refractivity contribution in [2.24, 2.45) is 5.92 Å². The minimum absolute atomic E-state index is 0.00116. The molecule has 1 aromatic rings. The highest BCUT2D eigenvalue weighted by Gasteiger charge is 2.29. The van der Waals surface area contributed by atoms with E-state index in [1.165, 1.54) is 0 Å². The van der Waals surface area contributed by atoms with Crippen LogP contribution < -0.4 is 4.74 Å². The van der Waals surface area contributed by atoms with Gasteiger partial charge < -0.3 is 4.74 Å². The first-order valence-corrected chi connectivity index (χ1v) is 5.02. The van der Waals surface area contributed by atoms with Crippen molar-refractivity contribution in [3.8, 4) is 5.75 Å². The van der Waals surface area contributed by atoms with Crippen LogP contribution in [0.1, 0.15) is 17.3 Å². The molecule has 0 N–H and O–H groups in total. The number of Topliss-reactive ketones (excluding diaryl/α,β-unsaturated/α-hetero) is 1. The molecule has 0 bridgehead atoms. The third kappa shape index (κ3) is 1.39. The summed E-state index contributed by atoms with van der Waals surface area (Å²) in [6.45, 7) is 2.18. The Morgan fingerprint density at radius 1 is 1.36 bits per heavy atom. The fourth-order valence-corrected chi connectivity index (χ4v) is 1.89. The average molecular weight is 231 g/mol. The van der Waals surface area contributed by atoms with Gasteiger partial charge in [0.2, 0.25) is 0 Å². The van der Waals surface area contributed by atoms with Gasteiger partial charge in [-0.2, -0.15) is 0 Å². The van der Waals surface area contributed by atoms with Gasteiger partial charge in [0.25, 0.3) is 0 Å². The summed E-state index contributed by atoms with van der Waals surface area (Å²) in [5, 5.41) is 0.839. The molecular weight excluding hydrogens is 223 g/mol. The molecule has 0 aliphatic carbocycles. The summed E-state index contributed by atoms with van der Waals surface area (Å²) in [5.74, 6) is 0.263. The largest absolute Gasteiger partial charge is 0.490 e. The van der Waals surface area contributed by atoms with Gasteiger partial charge in [0, 0.05) is 0 Å². The Balaban J connectivity index is 2.64. The van der Waals surface area contributed by atoms with Crippen molar-refractivity contribution in [3.63, 3.8) is 0 Å². The number of carbonyl (C=O) groups is 1. The quantitative estimate of drug-likeness (QED) is 0.685. The van der Waals surface area contributed by atoms with Crippen LogP contribution in [-0.2, 0) is 0 Å². The van der Waals surface area contributed by atoms with Crippen molar-refractivity contribution < 1.29 is 9.53 Å². The SMILES string of the molecule is CC1COc2c(Cl)ccc(Cl)c2C1=O. The van der Waals surface area contributed by atoms with Crippen molar-refractivity contribution in [2.75, 3.05) is 6.61 Å². The monoisotopic (exact) mass is 230 g/mol. The van der Waals surface area contributed by atoms with Crippen LogP contribution in [0.5, 0.6) is 5.75 Å². The molecular formula is C10H8Cl2O2. The Kier molecular flexibility index (Phi) is 2.41. The van der Waals surface area contributed by atoms with Gasteiger partial charge in [-0.15, -0.1) is 0 Å². The zero-order chi connectivity index (χ0) is 10.3. The summed E-state index contributed by atoms with van der Waals surface area (Å²) in [7, 11) is 0. The molecule has 0 saturated heterocycles. The highest BCUT2D eigenvalue weighted by atomic mass is 35.5. The average Bonchev–Trinajstić information content (AvgIpc) is 2.16. The molecule has 4 heteroatoms. The predicted octanol–water partition coefficient (Wildman–Crippen LogP) is 3.20. The number of rotatable bonds is 0. The fraction of sp³-hybridized carbons (Fsp3) is 0.300. The van der Waals surface area contributed by atoms with Crippen LogP contribution in [-0.4, -0.2) is 12.4 Å². The maximum absolute atomic E-state index is 11.8. The van der Waals surface area contributed by atoms with Gasteiger partial charge in [-0.25, -0.2) is 0 Å². The standard InChI is InChI=1S/C10H8Cl2O2/c1-5-4-14-10-7(12)3-2-6(11)8(10)9(5)13/h2-3,5H,4H2,1H3. The minimum atomic E-state index is -0.154. The molecule has 0 amide bonds. The van der Waals surface area contributed by atoms with E-state index in [9.17, 15) is 4.79 Å². The van der Waals surface area contributed by atoms with E-state index in [0.29, 0.717) is 28.0 Å². The molecule has 1 atom stereocenters. The molecule has 1 aliphatic heterocycles. The molecule has 1 heterocycles. The van der Waals surface area contributed by atoms with E-state index in [2.05, 4.69) is 0 Å². The van der Waals surface area contributed by atoms with Crippen LogP contribution in [0.3, 0.4) is 0 Å². The van der Waals surface area contributed by atoms with E-state index < -0.39 is 0 Å². The molecule has 74 valence electrons. The zero-order valence-electron chi connectivity index (χ0n) is 7.51. The number of hydrogen-bond acceptors (Lipinski definition) is 2. The van der Waals surface area contributed by atoms with Gasteiger partial charge in [0.15, 0.2) is 5.78 Å². The molecule has 2 rings (SSSR count). The molecule has 14 heavy (non-hydrogen) atoms. The van der Waals surface area contributed by atoms with Gasteiger partial charge >= 0.3 is 0 Å². The van der Waals surface area contributed by atoms with E-state index in [1.807, 2.05) is 6.92 Å². The van der Waals surface area contributed by atoms with Crippen LogP contribution in [0.25, 0.3) is 0 Å². The maximum Gasteiger partial charge on any atom is 0.174 e. The van der Waals surface area contributed by atoms with Crippen LogP contribution >= 0.6 is 23.2 Å². The summed E-state index contributed by atoms with van der Waals surface area (Å²) < 4.78 is 5.38.